The van der Waals surface area contributed by atoms with Crippen molar-refractivity contribution in [1.29, 1.82) is 0 Å². The number of aromatic nitrogens is 1. The first-order valence-corrected chi connectivity index (χ1v) is 10.8. The summed E-state index contributed by atoms with van der Waals surface area (Å²) in [6, 6.07) is 16.6. The van der Waals surface area contributed by atoms with E-state index in [0.717, 1.165) is 11.0 Å². The minimum Gasteiger partial charge on any atom is -0.427 e. The van der Waals surface area contributed by atoms with E-state index in [1.165, 1.54) is 10.8 Å². The number of aliphatic hydroxyl groups is 1. The zero-order chi connectivity index (χ0) is 22.0. The molecule has 166 valence electrons. The number of hydrogen-bond donors (Lipinski definition) is 1. The highest BCUT2D eigenvalue weighted by molar-refractivity contribution is 6.07. The maximum absolute atomic E-state index is 11.8. The molecule has 4 rings (SSSR count). The van der Waals surface area contributed by atoms with E-state index in [2.05, 4.69) is 33.7 Å². The van der Waals surface area contributed by atoms with Gasteiger partial charge in [0.15, 0.2) is 0 Å². The van der Waals surface area contributed by atoms with E-state index in [4.69, 9.17) is 9.57 Å². The molecule has 1 aromatic heterocycles. The fraction of sp³-hybridized carbons (Fsp3) is 0.458. The number of hydrogen-bond acceptors (Lipinski definition) is 6. The Morgan fingerprint density at radius 3 is 2.03 bits per heavy atom. The Morgan fingerprint density at radius 1 is 0.935 bits per heavy atom. The van der Waals surface area contributed by atoms with E-state index in [1.54, 1.807) is 5.06 Å². The van der Waals surface area contributed by atoms with Crippen LogP contribution in [0, 0.1) is 0 Å². The van der Waals surface area contributed by atoms with Crippen molar-refractivity contribution in [2.45, 2.75) is 39.0 Å². The Hall–Kier alpha value is -2.61. The van der Waals surface area contributed by atoms with Gasteiger partial charge in [0.2, 0.25) is 0 Å². The predicted octanol–water partition coefficient (Wildman–Crippen LogP) is 3.64. The Balaban J connectivity index is 1.34. The molecule has 1 unspecified atom stereocenters. The van der Waals surface area contributed by atoms with Gasteiger partial charge in [-0.3, -0.25) is 4.90 Å². The van der Waals surface area contributed by atoms with Crippen LogP contribution >= 0.6 is 0 Å². The smallest absolute Gasteiger partial charge is 0.427 e. The third-order valence-corrected chi connectivity index (χ3v) is 5.47. The van der Waals surface area contributed by atoms with Crippen LogP contribution < -0.4 is 0 Å². The van der Waals surface area contributed by atoms with E-state index in [0.29, 0.717) is 39.3 Å². The van der Waals surface area contributed by atoms with Crippen LogP contribution in [0.1, 0.15) is 20.8 Å². The topological polar surface area (TPSA) is 67.2 Å². The van der Waals surface area contributed by atoms with Crippen LogP contribution in [0.5, 0.6) is 0 Å². The summed E-state index contributed by atoms with van der Waals surface area (Å²) in [5, 5.41) is 14.9. The van der Waals surface area contributed by atoms with Gasteiger partial charge in [0, 0.05) is 54.5 Å². The third kappa shape index (κ3) is 5.18. The molecule has 1 N–H and O–H groups in total. The van der Waals surface area contributed by atoms with Crippen molar-refractivity contribution >= 4 is 28.0 Å². The number of nitrogens with zero attached hydrogens (tertiary/aromatic N) is 3. The second-order valence-corrected chi connectivity index (χ2v) is 9.08. The monoisotopic (exact) mass is 425 g/mol. The SMILES string of the molecule is CC(C)(C)OC(=O)ON1CCN(CC(O)Cn2c3ccccc3c3ccccc32)CC1. The van der Waals surface area contributed by atoms with Gasteiger partial charge in [0.1, 0.15) is 5.60 Å². The van der Waals surface area contributed by atoms with Gasteiger partial charge < -0.3 is 19.2 Å². The lowest BCUT2D eigenvalue weighted by Crippen LogP contribution is -2.49. The molecule has 0 aliphatic carbocycles. The molecule has 0 amide bonds. The van der Waals surface area contributed by atoms with Crippen LogP contribution in [0.4, 0.5) is 4.79 Å². The summed E-state index contributed by atoms with van der Waals surface area (Å²) in [5.74, 6) is 0. The number of β-amino-alcohol motifs (C(OH)–C–C–N with tert-alkyl or cyclic N) is 1. The van der Waals surface area contributed by atoms with E-state index >= 15 is 0 Å². The number of ether oxygens (including phenoxy) is 1. The normalized spacial score (nSPS) is 17.2. The number of carbonyl (C=O) groups is 1. The van der Waals surface area contributed by atoms with Crippen LogP contribution in [0.3, 0.4) is 0 Å². The van der Waals surface area contributed by atoms with Gasteiger partial charge in [-0.15, -0.1) is 5.06 Å². The van der Waals surface area contributed by atoms with Crippen molar-refractivity contribution in [3.8, 4) is 0 Å². The first-order valence-electron chi connectivity index (χ1n) is 10.8. The Labute approximate surface area is 182 Å². The van der Waals surface area contributed by atoms with Gasteiger partial charge in [-0.25, -0.2) is 4.79 Å². The first kappa shape index (κ1) is 21.6. The van der Waals surface area contributed by atoms with E-state index in [9.17, 15) is 9.90 Å². The minimum atomic E-state index is -0.674. The van der Waals surface area contributed by atoms with Crippen molar-refractivity contribution in [2.75, 3.05) is 32.7 Å². The second-order valence-electron chi connectivity index (χ2n) is 9.08. The fourth-order valence-corrected chi connectivity index (χ4v) is 4.14. The van der Waals surface area contributed by atoms with Gasteiger partial charge >= 0.3 is 6.16 Å². The second kappa shape index (κ2) is 8.86. The molecule has 0 spiro atoms. The van der Waals surface area contributed by atoms with Crippen LogP contribution in [0.25, 0.3) is 21.8 Å². The summed E-state index contributed by atoms with van der Waals surface area (Å²) < 4.78 is 7.41. The van der Waals surface area contributed by atoms with E-state index in [-0.39, 0.29) is 0 Å². The highest BCUT2D eigenvalue weighted by Crippen LogP contribution is 2.29. The van der Waals surface area contributed by atoms with Crippen molar-refractivity contribution in [2.24, 2.45) is 0 Å². The molecule has 1 aliphatic heterocycles. The van der Waals surface area contributed by atoms with Crippen molar-refractivity contribution < 1.29 is 19.5 Å². The zero-order valence-electron chi connectivity index (χ0n) is 18.5. The molecule has 3 aromatic rings. The summed E-state index contributed by atoms with van der Waals surface area (Å²) in [6.45, 7) is 9.13. The first-order chi connectivity index (χ1) is 14.8. The maximum atomic E-state index is 11.8. The average molecular weight is 426 g/mol. The van der Waals surface area contributed by atoms with Crippen LogP contribution in [-0.4, -0.2) is 70.2 Å². The molecule has 1 aliphatic rings. The molecular formula is C24H31N3O4. The van der Waals surface area contributed by atoms with Gasteiger partial charge in [-0.05, 0) is 32.9 Å². The molecule has 0 bridgehead atoms. The van der Waals surface area contributed by atoms with Crippen molar-refractivity contribution in [3.63, 3.8) is 0 Å². The zero-order valence-corrected chi connectivity index (χ0v) is 18.5. The summed E-state index contributed by atoms with van der Waals surface area (Å²) in [5.41, 5.74) is 1.70. The maximum Gasteiger partial charge on any atom is 0.528 e. The summed E-state index contributed by atoms with van der Waals surface area (Å²) >= 11 is 0. The molecule has 31 heavy (non-hydrogen) atoms. The predicted molar refractivity (Wildman–Crippen MR) is 121 cm³/mol. The highest BCUT2D eigenvalue weighted by Gasteiger charge is 2.25. The molecule has 7 nitrogen and oxygen atoms in total. The summed E-state index contributed by atoms with van der Waals surface area (Å²) in [7, 11) is 0. The van der Waals surface area contributed by atoms with Crippen LogP contribution in [0.15, 0.2) is 48.5 Å². The molecule has 2 aromatic carbocycles. The Morgan fingerprint density at radius 2 is 1.48 bits per heavy atom. The van der Waals surface area contributed by atoms with E-state index in [1.807, 2.05) is 45.0 Å². The van der Waals surface area contributed by atoms with Gasteiger partial charge in [-0.2, -0.15) is 0 Å². The van der Waals surface area contributed by atoms with Crippen LogP contribution in [-0.2, 0) is 16.1 Å². The van der Waals surface area contributed by atoms with Gasteiger partial charge in [-0.1, -0.05) is 36.4 Å². The van der Waals surface area contributed by atoms with Crippen LogP contribution in [0.2, 0.25) is 0 Å². The lowest BCUT2D eigenvalue weighted by atomic mass is 10.2. The molecule has 0 saturated carbocycles. The number of benzene rings is 2. The standard InChI is InChI=1S/C24H31N3O4/c1-24(2,3)30-23(29)31-26-14-12-25(13-15-26)16-18(28)17-27-21-10-6-4-8-19(21)20-9-5-7-11-22(20)27/h4-11,18,28H,12-17H2,1-3H3. The lowest BCUT2D eigenvalue weighted by molar-refractivity contribution is -0.159. The molecule has 1 fully saturated rings. The quantitative estimate of drug-likeness (QED) is 0.630. The van der Waals surface area contributed by atoms with Crippen molar-refractivity contribution in [3.05, 3.63) is 48.5 Å². The highest BCUT2D eigenvalue weighted by atomic mass is 16.8. The largest absolute Gasteiger partial charge is 0.528 e. The van der Waals surface area contributed by atoms with Crippen molar-refractivity contribution in [1.82, 2.24) is 14.5 Å². The number of aliphatic hydroxyl groups excluding tert-OH is 1. The number of fused-ring (bicyclic) bond motifs is 3. The number of rotatable bonds is 5. The molecule has 1 atom stereocenters. The Bertz CT molecular complexity index is 995. The molecule has 7 heteroatoms. The fourth-order valence-electron chi connectivity index (χ4n) is 4.14. The number of hydroxylamine groups is 2. The Kier molecular flexibility index (Phi) is 6.18. The average Bonchev–Trinajstić information content (AvgIpc) is 3.02. The summed E-state index contributed by atoms with van der Waals surface area (Å²) in [4.78, 5) is 19.3. The lowest BCUT2D eigenvalue weighted by Gasteiger charge is -2.34. The van der Waals surface area contributed by atoms with Gasteiger partial charge in [0.05, 0.1) is 12.6 Å². The number of piperazine rings is 1. The minimum absolute atomic E-state index is 0.502. The third-order valence-electron chi connectivity index (χ3n) is 5.47. The molecule has 1 saturated heterocycles. The molecule has 2 heterocycles. The molecule has 0 radical (unpaired) electrons. The van der Waals surface area contributed by atoms with Gasteiger partial charge in [0.25, 0.3) is 0 Å². The number of para-hydroxylation sites is 2. The summed E-state index contributed by atoms with van der Waals surface area (Å²) in [6.07, 6.45) is -1.18. The number of carbonyl (C=O) groups excluding carboxylic acids is 1. The van der Waals surface area contributed by atoms with E-state index < -0.39 is 17.9 Å². The molecular weight excluding hydrogens is 394 g/mol.